The molecular weight excluding hydrogens is 304 g/mol. The zero-order chi connectivity index (χ0) is 13.7. The maximum atomic E-state index is 9.25. The Bertz CT molecular complexity index is 545. The van der Waals surface area contributed by atoms with E-state index < -0.39 is 0 Å². The number of aromatic nitrogens is 1. The predicted molar refractivity (Wildman–Crippen MR) is 83.6 cm³/mol. The van der Waals surface area contributed by atoms with Crippen LogP contribution in [0.5, 0.6) is 0 Å². The molecule has 0 aliphatic carbocycles. The number of pyridine rings is 1. The first kappa shape index (κ1) is 14.3. The molecule has 19 heavy (non-hydrogen) atoms. The van der Waals surface area contributed by atoms with Gasteiger partial charge in [-0.2, -0.15) is 0 Å². The van der Waals surface area contributed by atoms with Gasteiger partial charge in [-0.25, -0.2) is 4.98 Å². The minimum absolute atomic E-state index is 0.149. The Labute approximate surface area is 122 Å². The fourth-order valence-corrected chi connectivity index (χ4v) is 2.70. The summed E-state index contributed by atoms with van der Waals surface area (Å²) in [6, 6.07) is 8.15. The number of benzene rings is 1. The van der Waals surface area contributed by atoms with E-state index in [-0.39, 0.29) is 6.61 Å². The highest BCUT2D eigenvalue weighted by Crippen LogP contribution is 2.29. The average molecular weight is 323 g/mol. The molecule has 1 aromatic carbocycles. The van der Waals surface area contributed by atoms with Crippen LogP contribution in [0.4, 0.5) is 5.82 Å². The Morgan fingerprint density at radius 2 is 2.05 bits per heavy atom. The van der Waals surface area contributed by atoms with Crippen LogP contribution in [0.15, 0.2) is 34.9 Å². The van der Waals surface area contributed by atoms with Crippen molar-refractivity contribution in [2.24, 2.45) is 0 Å². The number of unbranched alkanes of at least 4 members (excludes halogenated alkanes) is 1. The van der Waals surface area contributed by atoms with Crippen molar-refractivity contribution in [3.8, 4) is 0 Å². The molecule has 0 radical (unpaired) electrons. The highest BCUT2D eigenvalue weighted by atomic mass is 79.9. The number of aliphatic hydroxyl groups excluding tert-OH is 1. The molecule has 0 bridgehead atoms. The summed E-state index contributed by atoms with van der Waals surface area (Å²) < 4.78 is 1.08. The minimum atomic E-state index is 0.149. The van der Waals surface area contributed by atoms with Gasteiger partial charge in [-0.3, -0.25) is 0 Å². The molecular formula is C15H19BrN2O. The minimum Gasteiger partial charge on any atom is -0.395 e. The molecule has 1 heterocycles. The molecule has 0 atom stereocenters. The van der Waals surface area contributed by atoms with Crippen LogP contribution in [-0.4, -0.2) is 29.8 Å². The van der Waals surface area contributed by atoms with Crippen LogP contribution in [0.3, 0.4) is 0 Å². The Morgan fingerprint density at radius 1 is 1.21 bits per heavy atom. The number of anilines is 1. The van der Waals surface area contributed by atoms with E-state index in [0.29, 0.717) is 6.54 Å². The summed E-state index contributed by atoms with van der Waals surface area (Å²) in [7, 11) is 0. The zero-order valence-electron chi connectivity index (χ0n) is 11.1. The molecule has 0 aliphatic heterocycles. The summed E-state index contributed by atoms with van der Waals surface area (Å²) in [6.45, 7) is 3.87. The van der Waals surface area contributed by atoms with Crippen molar-refractivity contribution in [1.29, 1.82) is 0 Å². The number of fused-ring (bicyclic) bond motifs is 1. The van der Waals surface area contributed by atoms with Gasteiger partial charge in [-0.15, -0.1) is 0 Å². The second kappa shape index (κ2) is 6.87. The lowest BCUT2D eigenvalue weighted by atomic mass is 10.1. The Morgan fingerprint density at radius 3 is 2.79 bits per heavy atom. The van der Waals surface area contributed by atoms with Gasteiger partial charge in [0.15, 0.2) is 0 Å². The first-order chi connectivity index (χ1) is 9.27. The fraction of sp³-hybridized carbons (Fsp3) is 0.400. The number of hydrogen-bond donors (Lipinski definition) is 1. The average Bonchev–Trinajstić information content (AvgIpc) is 2.43. The summed E-state index contributed by atoms with van der Waals surface area (Å²) in [5, 5.41) is 11.5. The van der Waals surface area contributed by atoms with Gasteiger partial charge in [0, 0.05) is 34.5 Å². The summed E-state index contributed by atoms with van der Waals surface area (Å²) in [5.74, 6) is 0.960. The summed E-state index contributed by atoms with van der Waals surface area (Å²) >= 11 is 3.58. The van der Waals surface area contributed by atoms with Crippen LogP contribution in [-0.2, 0) is 0 Å². The number of rotatable bonds is 6. The van der Waals surface area contributed by atoms with Crippen molar-refractivity contribution in [2.75, 3.05) is 24.6 Å². The first-order valence-electron chi connectivity index (χ1n) is 6.67. The molecule has 3 nitrogen and oxygen atoms in total. The maximum Gasteiger partial charge on any atom is 0.136 e. The molecule has 1 aromatic heterocycles. The molecule has 4 heteroatoms. The van der Waals surface area contributed by atoms with E-state index in [9.17, 15) is 5.11 Å². The van der Waals surface area contributed by atoms with Crippen LogP contribution < -0.4 is 4.90 Å². The molecule has 2 aromatic rings. The van der Waals surface area contributed by atoms with Crippen molar-refractivity contribution < 1.29 is 5.11 Å². The number of aliphatic hydroxyl groups is 1. The number of halogens is 1. The lowest BCUT2D eigenvalue weighted by Gasteiger charge is -2.24. The fourth-order valence-electron chi connectivity index (χ4n) is 2.20. The Balaban J connectivity index is 2.43. The van der Waals surface area contributed by atoms with Crippen LogP contribution >= 0.6 is 15.9 Å². The van der Waals surface area contributed by atoms with Crippen molar-refractivity contribution in [3.63, 3.8) is 0 Å². The molecule has 0 spiro atoms. The van der Waals surface area contributed by atoms with E-state index >= 15 is 0 Å². The Kier molecular flexibility index (Phi) is 5.16. The van der Waals surface area contributed by atoms with Crippen LogP contribution in [0, 0.1) is 0 Å². The molecule has 0 saturated carbocycles. The van der Waals surface area contributed by atoms with Gasteiger partial charge in [0.1, 0.15) is 5.82 Å². The van der Waals surface area contributed by atoms with E-state index in [1.54, 1.807) is 0 Å². The third-order valence-electron chi connectivity index (χ3n) is 3.18. The standard InChI is InChI=1S/C15H19BrN2O/c1-2-3-9-18(10-11-19)15-13-5-4-6-14(16)12(13)7-8-17-15/h4-8,19H,2-3,9-11H2,1H3. The molecule has 0 aliphatic rings. The third kappa shape index (κ3) is 3.25. The van der Waals surface area contributed by atoms with Crippen molar-refractivity contribution >= 4 is 32.5 Å². The topological polar surface area (TPSA) is 36.4 Å². The summed E-state index contributed by atoms with van der Waals surface area (Å²) in [4.78, 5) is 6.68. The molecule has 0 fully saturated rings. The van der Waals surface area contributed by atoms with Crippen LogP contribution in [0.2, 0.25) is 0 Å². The highest BCUT2D eigenvalue weighted by molar-refractivity contribution is 9.10. The van der Waals surface area contributed by atoms with E-state index in [1.807, 2.05) is 24.4 Å². The van der Waals surface area contributed by atoms with Gasteiger partial charge >= 0.3 is 0 Å². The predicted octanol–water partition coefficient (Wildman–Crippen LogP) is 3.60. The Hall–Kier alpha value is -1.13. The monoisotopic (exact) mass is 322 g/mol. The lowest BCUT2D eigenvalue weighted by Crippen LogP contribution is -2.28. The van der Waals surface area contributed by atoms with Gasteiger partial charge < -0.3 is 10.0 Å². The lowest BCUT2D eigenvalue weighted by molar-refractivity contribution is 0.301. The summed E-state index contributed by atoms with van der Waals surface area (Å²) in [5.41, 5.74) is 0. The molecule has 0 amide bonds. The van der Waals surface area contributed by atoms with Gasteiger partial charge in [0.25, 0.3) is 0 Å². The van der Waals surface area contributed by atoms with Gasteiger partial charge in [0.2, 0.25) is 0 Å². The van der Waals surface area contributed by atoms with E-state index in [0.717, 1.165) is 40.4 Å². The largest absolute Gasteiger partial charge is 0.395 e. The highest BCUT2D eigenvalue weighted by Gasteiger charge is 2.11. The van der Waals surface area contributed by atoms with Gasteiger partial charge in [-0.1, -0.05) is 41.4 Å². The quantitative estimate of drug-likeness (QED) is 0.882. The molecule has 1 N–H and O–H groups in total. The van der Waals surface area contributed by atoms with Crippen molar-refractivity contribution in [2.45, 2.75) is 19.8 Å². The first-order valence-corrected chi connectivity index (χ1v) is 7.46. The van der Waals surface area contributed by atoms with Gasteiger partial charge in [-0.05, 0) is 18.6 Å². The van der Waals surface area contributed by atoms with Crippen LogP contribution in [0.25, 0.3) is 10.8 Å². The molecule has 102 valence electrons. The molecule has 0 saturated heterocycles. The number of nitrogens with zero attached hydrogens (tertiary/aromatic N) is 2. The van der Waals surface area contributed by atoms with E-state index in [1.165, 1.54) is 0 Å². The zero-order valence-corrected chi connectivity index (χ0v) is 12.7. The molecule has 0 unspecified atom stereocenters. The van der Waals surface area contributed by atoms with Crippen molar-refractivity contribution in [3.05, 3.63) is 34.9 Å². The smallest absolute Gasteiger partial charge is 0.136 e. The van der Waals surface area contributed by atoms with E-state index in [4.69, 9.17) is 0 Å². The second-order valence-corrected chi connectivity index (χ2v) is 5.39. The van der Waals surface area contributed by atoms with Crippen molar-refractivity contribution in [1.82, 2.24) is 4.98 Å². The third-order valence-corrected chi connectivity index (χ3v) is 3.87. The van der Waals surface area contributed by atoms with Crippen LogP contribution in [0.1, 0.15) is 19.8 Å². The maximum absolute atomic E-state index is 9.25. The molecule has 2 rings (SSSR count). The number of hydrogen-bond acceptors (Lipinski definition) is 3. The summed E-state index contributed by atoms with van der Waals surface area (Å²) in [6.07, 6.45) is 4.07. The van der Waals surface area contributed by atoms with E-state index in [2.05, 4.69) is 38.8 Å². The second-order valence-electron chi connectivity index (χ2n) is 4.53. The normalized spacial score (nSPS) is 10.9. The van der Waals surface area contributed by atoms with Gasteiger partial charge in [0.05, 0.1) is 6.61 Å². The SMILES string of the molecule is CCCCN(CCO)c1nccc2c(Br)cccc12.